The topological polar surface area (TPSA) is 154 Å². The number of benzene rings is 2. The Morgan fingerprint density at radius 2 is 1.37 bits per heavy atom. The van der Waals surface area contributed by atoms with Crippen molar-refractivity contribution in [3.63, 3.8) is 0 Å². The number of hydrogen-bond acceptors (Lipinski definition) is 8. The lowest BCUT2D eigenvalue weighted by molar-refractivity contribution is -0.169. The van der Waals surface area contributed by atoms with E-state index in [4.69, 9.17) is 43.5 Å². The summed E-state index contributed by atoms with van der Waals surface area (Å²) in [7, 11) is 0. The van der Waals surface area contributed by atoms with Crippen molar-refractivity contribution in [2.75, 3.05) is 24.3 Å². The molecule has 0 bridgehead atoms. The van der Waals surface area contributed by atoms with Gasteiger partial charge in [-0.3, -0.25) is 19.2 Å². The molecule has 1 aliphatic heterocycles. The molecular formula is C34H44Cl2N2O8. The SMILES string of the molecule is CCOc1ccc(Cl)cc1N.CCOc1ccc(Cl)cc1NC(=O)CC1(CC(=O)O)CCCC1.O=C1CC2(CCCC2)CC(=O)O1. The number of cyclic esters (lactones) is 2. The van der Waals surface area contributed by atoms with Gasteiger partial charge in [0.1, 0.15) is 11.5 Å². The monoisotopic (exact) mass is 678 g/mol. The molecule has 252 valence electrons. The van der Waals surface area contributed by atoms with E-state index >= 15 is 0 Å². The van der Waals surface area contributed by atoms with Crippen LogP contribution in [0.5, 0.6) is 11.5 Å². The molecule has 0 radical (unpaired) electrons. The van der Waals surface area contributed by atoms with Gasteiger partial charge in [0.25, 0.3) is 0 Å². The molecular weight excluding hydrogens is 635 g/mol. The highest BCUT2D eigenvalue weighted by molar-refractivity contribution is 6.31. The zero-order valence-corrected chi connectivity index (χ0v) is 28.0. The molecule has 2 aliphatic carbocycles. The molecule has 3 fully saturated rings. The minimum absolute atomic E-state index is 0.00752. The summed E-state index contributed by atoms with van der Waals surface area (Å²) in [5.41, 5.74) is 6.26. The Hall–Kier alpha value is -3.50. The number of anilines is 2. The normalized spacial score (nSPS) is 17.6. The summed E-state index contributed by atoms with van der Waals surface area (Å²) in [5, 5.41) is 13.1. The van der Waals surface area contributed by atoms with Gasteiger partial charge in [-0.15, -0.1) is 0 Å². The van der Waals surface area contributed by atoms with Crippen molar-refractivity contribution < 1.29 is 38.5 Å². The molecule has 0 atom stereocenters. The summed E-state index contributed by atoms with van der Waals surface area (Å²) >= 11 is 11.7. The maximum Gasteiger partial charge on any atom is 0.314 e. The first-order chi connectivity index (χ1) is 21.9. The molecule has 1 amide bonds. The lowest BCUT2D eigenvalue weighted by Gasteiger charge is -2.30. The molecule has 0 aromatic heterocycles. The van der Waals surface area contributed by atoms with E-state index in [2.05, 4.69) is 10.1 Å². The standard InChI is InChI=1S/C17H22ClNO4.C9H12O3.C8H10ClNO/c1-2-23-14-6-5-12(18)9-13(14)19-15(20)10-17(11-16(21)22)7-3-4-8-17;10-7-5-9(3-1-2-4-9)6-8(11)12-7;1-2-11-8-4-3-6(9)5-7(8)10/h5-6,9H,2-4,7-8,10-11H2,1H3,(H,19,20)(H,21,22);1-6H2;3-5H,2,10H2,1H3. The van der Waals surface area contributed by atoms with Gasteiger partial charge >= 0.3 is 17.9 Å². The predicted molar refractivity (Wildman–Crippen MR) is 177 cm³/mol. The molecule has 0 unspecified atom stereocenters. The van der Waals surface area contributed by atoms with Crippen molar-refractivity contribution >= 4 is 58.4 Å². The van der Waals surface area contributed by atoms with Crippen molar-refractivity contribution in [1.82, 2.24) is 0 Å². The van der Waals surface area contributed by atoms with Crippen LogP contribution in [0, 0.1) is 10.8 Å². The predicted octanol–water partition coefficient (Wildman–Crippen LogP) is 7.83. The molecule has 2 aromatic carbocycles. The zero-order chi connectivity index (χ0) is 33.7. The van der Waals surface area contributed by atoms with E-state index in [0.29, 0.717) is 59.0 Å². The minimum Gasteiger partial charge on any atom is -0.492 e. The van der Waals surface area contributed by atoms with Crippen molar-refractivity contribution in [2.24, 2.45) is 10.8 Å². The van der Waals surface area contributed by atoms with E-state index in [1.165, 1.54) is 0 Å². The molecule has 12 heteroatoms. The van der Waals surface area contributed by atoms with E-state index in [1.54, 1.807) is 36.4 Å². The lowest BCUT2D eigenvalue weighted by Crippen LogP contribution is -2.33. The van der Waals surface area contributed by atoms with Gasteiger partial charge in [0.2, 0.25) is 5.91 Å². The number of aliphatic carboxylic acids is 1. The maximum absolute atomic E-state index is 12.4. The van der Waals surface area contributed by atoms with Gasteiger partial charge < -0.3 is 30.4 Å². The molecule has 1 saturated heterocycles. The average Bonchev–Trinajstić information content (AvgIpc) is 3.61. The van der Waals surface area contributed by atoms with Gasteiger partial charge in [0.05, 0.1) is 43.9 Å². The summed E-state index contributed by atoms with van der Waals surface area (Å²) in [6, 6.07) is 10.2. The molecule has 2 saturated carbocycles. The van der Waals surface area contributed by atoms with Crippen LogP contribution in [0.25, 0.3) is 0 Å². The number of hydrogen-bond donors (Lipinski definition) is 3. The van der Waals surface area contributed by atoms with Crippen LogP contribution in [0.4, 0.5) is 11.4 Å². The number of carbonyl (C=O) groups is 4. The number of carbonyl (C=O) groups excluding carboxylic acids is 3. The second kappa shape index (κ2) is 17.4. The third kappa shape index (κ3) is 11.4. The number of rotatable bonds is 9. The van der Waals surface area contributed by atoms with E-state index in [0.717, 1.165) is 51.4 Å². The number of nitrogens with two attached hydrogens (primary N) is 1. The number of carboxylic acids is 1. The van der Waals surface area contributed by atoms with E-state index in [9.17, 15) is 19.2 Å². The van der Waals surface area contributed by atoms with Gasteiger partial charge in [0.15, 0.2) is 0 Å². The van der Waals surface area contributed by atoms with Crippen molar-refractivity contribution in [1.29, 1.82) is 0 Å². The van der Waals surface area contributed by atoms with Crippen molar-refractivity contribution in [3.8, 4) is 11.5 Å². The number of nitrogen functional groups attached to an aromatic ring is 1. The van der Waals surface area contributed by atoms with E-state index < -0.39 is 11.4 Å². The summed E-state index contributed by atoms with van der Waals surface area (Å²) < 4.78 is 15.2. The van der Waals surface area contributed by atoms with Crippen LogP contribution in [-0.4, -0.2) is 42.1 Å². The molecule has 10 nitrogen and oxygen atoms in total. The van der Waals surface area contributed by atoms with Crippen LogP contribution in [0.15, 0.2) is 36.4 Å². The molecule has 46 heavy (non-hydrogen) atoms. The van der Waals surface area contributed by atoms with Crippen LogP contribution in [0.2, 0.25) is 10.0 Å². The number of carboxylic acid groups (broad SMARTS) is 1. The van der Waals surface area contributed by atoms with Crippen LogP contribution in [0.1, 0.15) is 90.9 Å². The van der Waals surface area contributed by atoms with Gasteiger partial charge in [0, 0.05) is 16.5 Å². The highest BCUT2D eigenvalue weighted by Gasteiger charge is 2.43. The smallest absolute Gasteiger partial charge is 0.314 e. The van der Waals surface area contributed by atoms with Gasteiger partial charge in [-0.05, 0) is 86.8 Å². The largest absolute Gasteiger partial charge is 0.492 e. The maximum atomic E-state index is 12.4. The van der Waals surface area contributed by atoms with E-state index in [-0.39, 0.29) is 36.1 Å². The number of halogens is 2. The molecule has 1 heterocycles. The third-order valence-electron chi connectivity index (χ3n) is 8.44. The van der Waals surface area contributed by atoms with Crippen LogP contribution in [0.3, 0.4) is 0 Å². The summed E-state index contributed by atoms with van der Waals surface area (Å²) in [4.78, 5) is 45.5. The molecule has 5 rings (SSSR count). The Balaban J connectivity index is 0.000000209. The molecule has 2 aromatic rings. The number of ether oxygens (including phenoxy) is 3. The van der Waals surface area contributed by atoms with Gasteiger partial charge in [-0.1, -0.05) is 48.9 Å². The van der Waals surface area contributed by atoms with Gasteiger partial charge in [-0.2, -0.15) is 0 Å². The summed E-state index contributed by atoms with van der Waals surface area (Å²) in [6.45, 7) is 4.87. The zero-order valence-electron chi connectivity index (χ0n) is 26.5. The average molecular weight is 680 g/mol. The lowest BCUT2D eigenvalue weighted by atomic mass is 9.78. The fourth-order valence-electron chi connectivity index (χ4n) is 6.44. The Labute approximate surface area is 280 Å². The number of esters is 2. The summed E-state index contributed by atoms with van der Waals surface area (Å²) in [6.07, 6.45) is 9.01. The second-order valence-electron chi connectivity index (χ2n) is 12.1. The first-order valence-corrected chi connectivity index (χ1v) is 16.5. The second-order valence-corrected chi connectivity index (χ2v) is 13.0. The highest BCUT2D eigenvalue weighted by Crippen LogP contribution is 2.46. The fraction of sp³-hybridized carbons (Fsp3) is 0.529. The fourth-order valence-corrected chi connectivity index (χ4v) is 6.79. The number of amides is 1. The number of nitrogens with one attached hydrogen (secondary N) is 1. The molecule has 3 aliphatic rings. The quantitative estimate of drug-likeness (QED) is 0.137. The highest BCUT2D eigenvalue weighted by atomic mass is 35.5. The Bertz CT molecular complexity index is 1350. The summed E-state index contributed by atoms with van der Waals surface area (Å²) in [5.74, 6) is -0.448. The van der Waals surface area contributed by atoms with Gasteiger partial charge in [-0.25, -0.2) is 0 Å². The molecule has 1 spiro atoms. The third-order valence-corrected chi connectivity index (χ3v) is 8.91. The van der Waals surface area contributed by atoms with E-state index in [1.807, 2.05) is 13.8 Å². The first-order valence-electron chi connectivity index (χ1n) is 15.7. The minimum atomic E-state index is -0.850. The Morgan fingerprint density at radius 3 is 1.91 bits per heavy atom. The Kier molecular flexibility index (Phi) is 14.0. The van der Waals surface area contributed by atoms with Crippen molar-refractivity contribution in [3.05, 3.63) is 46.4 Å². The van der Waals surface area contributed by atoms with Crippen LogP contribution >= 0.6 is 23.2 Å². The van der Waals surface area contributed by atoms with Crippen LogP contribution in [-0.2, 0) is 23.9 Å². The van der Waals surface area contributed by atoms with Crippen molar-refractivity contribution in [2.45, 2.75) is 90.9 Å². The van der Waals surface area contributed by atoms with Crippen LogP contribution < -0.4 is 20.5 Å². The first kappa shape index (κ1) is 37.0. The Morgan fingerprint density at radius 1 is 0.848 bits per heavy atom. The molecule has 4 N–H and O–H groups in total.